The summed E-state index contributed by atoms with van der Waals surface area (Å²) in [4.78, 5) is 11.8. The topological polar surface area (TPSA) is 41.1 Å². The Hall–Kier alpha value is -1.06. The maximum Gasteiger partial charge on any atom is 0.238 e. The van der Waals surface area contributed by atoms with Gasteiger partial charge in [0, 0.05) is 16.8 Å². The fraction of sp³-hybridized carbons (Fsp3) is 0.533. The first-order chi connectivity index (χ1) is 9.06. The molecule has 0 saturated carbocycles. The van der Waals surface area contributed by atoms with Crippen LogP contribution in [0.2, 0.25) is 5.02 Å². The predicted molar refractivity (Wildman–Crippen MR) is 81.6 cm³/mol. The third-order valence-corrected chi connectivity index (χ3v) is 3.72. The van der Waals surface area contributed by atoms with E-state index < -0.39 is 0 Å². The minimum atomic E-state index is -0.0277. The molecule has 1 amide bonds. The molecule has 0 heterocycles. The number of anilines is 1. The van der Waals surface area contributed by atoms with Gasteiger partial charge in [0.1, 0.15) is 0 Å². The number of carbonyl (C=O) groups excluding carboxylic acids is 1. The van der Waals surface area contributed by atoms with E-state index in [2.05, 4.69) is 31.4 Å². The molecule has 0 radical (unpaired) electrons. The molecule has 106 valence electrons. The van der Waals surface area contributed by atoms with Crippen LogP contribution in [0.3, 0.4) is 0 Å². The molecule has 1 aromatic carbocycles. The first-order valence-corrected chi connectivity index (χ1v) is 7.23. The number of rotatable bonds is 7. The zero-order chi connectivity index (χ0) is 14.3. The normalized spacial score (nSPS) is 12.5. The highest BCUT2D eigenvalue weighted by atomic mass is 35.5. The number of amides is 1. The molecule has 0 saturated heterocycles. The summed E-state index contributed by atoms with van der Waals surface area (Å²) in [5, 5.41) is 6.78. The van der Waals surface area contributed by atoms with Gasteiger partial charge in [-0.15, -0.1) is 0 Å². The summed E-state index contributed by atoms with van der Waals surface area (Å²) in [5.74, 6) is 0.587. The Bertz CT molecular complexity index is 388. The van der Waals surface area contributed by atoms with Gasteiger partial charge in [-0.1, -0.05) is 38.3 Å². The zero-order valence-corrected chi connectivity index (χ0v) is 12.6. The average molecular weight is 283 g/mol. The third kappa shape index (κ3) is 5.62. The van der Waals surface area contributed by atoms with Crippen molar-refractivity contribution in [2.75, 3.05) is 11.9 Å². The number of nitrogens with one attached hydrogen (secondary N) is 2. The van der Waals surface area contributed by atoms with Crippen molar-refractivity contribution in [1.29, 1.82) is 0 Å². The molecule has 0 aliphatic carbocycles. The maximum atomic E-state index is 11.8. The molecule has 2 N–H and O–H groups in total. The molecule has 0 spiro atoms. The number of halogens is 1. The standard InChI is InChI=1S/C15H23ClN2O/c1-4-12(5-2)11(3)17-10-15(19)18-14-8-6-13(16)7-9-14/h6-9,11-12,17H,4-5,10H2,1-3H3,(H,18,19). The Labute approximate surface area is 120 Å². The van der Waals surface area contributed by atoms with Gasteiger partial charge in [0.15, 0.2) is 0 Å². The second-order valence-corrected chi connectivity index (χ2v) is 5.24. The Morgan fingerprint density at radius 2 is 1.79 bits per heavy atom. The van der Waals surface area contributed by atoms with Crippen molar-refractivity contribution < 1.29 is 4.79 Å². The summed E-state index contributed by atoms with van der Waals surface area (Å²) in [6.07, 6.45) is 2.26. The fourth-order valence-electron chi connectivity index (χ4n) is 2.15. The van der Waals surface area contributed by atoms with Crippen LogP contribution >= 0.6 is 11.6 Å². The van der Waals surface area contributed by atoms with Gasteiger partial charge in [-0.25, -0.2) is 0 Å². The van der Waals surface area contributed by atoms with E-state index in [1.54, 1.807) is 24.3 Å². The van der Waals surface area contributed by atoms with Crippen molar-refractivity contribution in [3.8, 4) is 0 Å². The fourth-order valence-corrected chi connectivity index (χ4v) is 2.28. The molecule has 1 aromatic rings. The van der Waals surface area contributed by atoms with E-state index in [0.717, 1.165) is 18.5 Å². The van der Waals surface area contributed by atoms with Crippen molar-refractivity contribution in [3.05, 3.63) is 29.3 Å². The Morgan fingerprint density at radius 1 is 1.21 bits per heavy atom. The van der Waals surface area contributed by atoms with E-state index in [1.807, 2.05) is 0 Å². The molecule has 1 rings (SSSR count). The highest BCUT2D eigenvalue weighted by Gasteiger charge is 2.13. The summed E-state index contributed by atoms with van der Waals surface area (Å²) in [6, 6.07) is 7.47. The van der Waals surface area contributed by atoms with Crippen LogP contribution in [0.15, 0.2) is 24.3 Å². The first-order valence-electron chi connectivity index (χ1n) is 6.85. The molecule has 0 aliphatic rings. The van der Waals surface area contributed by atoms with Gasteiger partial charge in [0.25, 0.3) is 0 Å². The van der Waals surface area contributed by atoms with Gasteiger partial charge in [-0.2, -0.15) is 0 Å². The van der Waals surface area contributed by atoms with Gasteiger partial charge in [-0.05, 0) is 37.1 Å². The lowest BCUT2D eigenvalue weighted by Gasteiger charge is -2.22. The molecule has 0 bridgehead atoms. The van der Waals surface area contributed by atoms with Gasteiger partial charge in [-0.3, -0.25) is 4.79 Å². The molecule has 1 atom stereocenters. The van der Waals surface area contributed by atoms with Crippen LogP contribution in [0.4, 0.5) is 5.69 Å². The zero-order valence-electron chi connectivity index (χ0n) is 11.9. The molecular formula is C15H23ClN2O. The first kappa shape index (κ1) is 16.0. The van der Waals surface area contributed by atoms with Crippen molar-refractivity contribution in [2.45, 2.75) is 39.7 Å². The van der Waals surface area contributed by atoms with Crippen molar-refractivity contribution in [2.24, 2.45) is 5.92 Å². The largest absolute Gasteiger partial charge is 0.325 e. The van der Waals surface area contributed by atoms with Crippen LogP contribution in [-0.4, -0.2) is 18.5 Å². The number of hydrogen-bond acceptors (Lipinski definition) is 2. The lowest BCUT2D eigenvalue weighted by molar-refractivity contribution is -0.115. The Morgan fingerprint density at radius 3 is 2.32 bits per heavy atom. The molecular weight excluding hydrogens is 260 g/mol. The van der Waals surface area contributed by atoms with E-state index in [-0.39, 0.29) is 5.91 Å². The second kappa shape index (κ2) is 8.18. The van der Waals surface area contributed by atoms with E-state index in [1.165, 1.54) is 0 Å². The minimum Gasteiger partial charge on any atom is -0.325 e. The average Bonchev–Trinajstić information content (AvgIpc) is 2.40. The number of carbonyl (C=O) groups is 1. The van der Waals surface area contributed by atoms with E-state index in [4.69, 9.17) is 11.6 Å². The van der Waals surface area contributed by atoms with E-state index >= 15 is 0 Å². The van der Waals surface area contributed by atoms with Crippen molar-refractivity contribution in [1.82, 2.24) is 5.32 Å². The number of hydrogen-bond donors (Lipinski definition) is 2. The van der Waals surface area contributed by atoms with Crippen LogP contribution in [0.1, 0.15) is 33.6 Å². The molecule has 0 fully saturated rings. The van der Waals surface area contributed by atoms with E-state index in [9.17, 15) is 4.79 Å². The van der Waals surface area contributed by atoms with Crippen LogP contribution in [-0.2, 0) is 4.79 Å². The Kier molecular flexibility index (Phi) is 6.89. The third-order valence-electron chi connectivity index (χ3n) is 3.47. The van der Waals surface area contributed by atoms with E-state index in [0.29, 0.717) is 23.5 Å². The van der Waals surface area contributed by atoms with Crippen molar-refractivity contribution >= 4 is 23.2 Å². The van der Waals surface area contributed by atoms with Crippen LogP contribution < -0.4 is 10.6 Å². The Balaban J connectivity index is 2.37. The van der Waals surface area contributed by atoms with Gasteiger partial charge in [0.2, 0.25) is 5.91 Å². The second-order valence-electron chi connectivity index (χ2n) is 4.80. The van der Waals surface area contributed by atoms with Crippen LogP contribution in [0.25, 0.3) is 0 Å². The smallest absolute Gasteiger partial charge is 0.238 e. The quantitative estimate of drug-likeness (QED) is 0.801. The van der Waals surface area contributed by atoms with Crippen LogP contribution in [0.5, 0.6) is 0 Å². The van der Waals surface area contributed by atoms with Crippen LogP contribution in [0, 0.1) is 5.92 Å². The molecule has 0 aliphatic heterocycles. The highest BCUT2D eigenvalue weighted by molar-refractivity contribution is 6.30. The number of benzene rings is 1. The summed E-state index contributed by atoms with van der Waals surface area (Å²) in [7, 11) is 0. The lowest BCUT2D eigenvalue weighted by Crippen LogP contribution is -2.38. The minimum absolute atomic E-state index is 0.0277. The summed E-state index contributed by atoms with van der Waals surface area (Å²) in [5.41, 5.74) is 0.770. The van der Waals surface area contributed by atoms with Gasteiger partial charge < -0.3 is 10.6 Å². The molecule has 1 unspecified atom stereocenters. The van der Waals surface area contributed by atoms with Crippen molar-refractivity contribution in [3.63, 3.8) is 0 Å². The SMILES string of the molecule is CCC(CC)C(C)NCC(=O)Nc1ccc(Cl)cc1. The molecule has 4 heteroatoms. The summed E-state index contributed by atoms with van der Waals surface area (Å²) < 4.78 is 0. The summed E-state index contributed by atoms with van der Waals surface area (Å²) in [6.45, 7) is 6.83. The lowest BCUT2D eigenvalue weighted by atomic mass is 9.95. The predicted octanol–water partition coefficient (Wildman–Crippen LogP) is 3.69. The highest BCUT2D eigenvalue weighted by Crippen LogP contribution is 2.14. The molecule has 19 heavy (non-hydrogen) atoms. The van der Waals surface area contributed by atoms with Gasteiger partial charge >= 0.3 is 0 Å². The van der Waals surface area contributed by atoms with Gasteiger partial charge in [0.05, 0.1) is 6.54 Å². The monoisotopic (exact) mass is 282 g/mol. The molecule has 0 aromatic heterocycles. The summed E-state index contributed by atoms with van der Waals surface area (Å²) >= 11 is 5.79. The molecule has 3 nitrogen and oxygen atoms in total. The maximum absolute atomic E-state index is 11.8.